The number of aliphatic hydroxyl groups excluding tert-OH is 1. The number of epoxide rings is 1. The molecule has 3 aromatic carbocycles. The van der Waals surface area contributed by atoms with E-state index in [9.17, 15) is 14.4 Å². The van der Waals surface area contributed by atoms with Gasteiger partial charge in [0.15, 0.2) is 0 Å². The molecule has 5 aliphatic rings. The van der Waals surface area contributed by atoms with E-state index < -0.39 is 30.1 Å². The normalized spacial score (nSPS) is 30.1. The van der Waals surface area contributed by atoms with Crippen molar-refractivity contribution in [2.24, 2.45) is 17.3 Å². The van der Waals surface area contributed by atoms with Crippen LogP contribution in [0.15, 0.2) is 102 Å². The van der Waals surface area contributed by atoms with Gasteiger partial charge in [0.05, 0.1) is 23.9 Å². The van der Waals surface area contributed by atoms with Crippen LogP contribution < -0.4 is 10.6 Å². The zero-order valence-electron chi connectivity index (χ0n) is 33.1. The van der Waals surface area contributed by atoms with Gasteiger partial charge < -0.3 is 34.7 Å². The van der Waals surface area contributed by atoms with Gasteiger partial charge in [-0.1, -0.05) is 98.3 Å². The minimum atomic E-state index is -1.32. The number of allylic oxidation sites excluding steroid dienone is 1. The van der Waals surface area contributed by atoms with Crippen LogP contribution in [0.2, 0.25) is 0 Å². The predicted molar refractivity (Wildman–Crippen MR) is 215 cm³/mol. The second-order valence-corrected chi connectivity index (χ2v) is 17.2. The molecule has 0 spiro atoms. The number of hydrogen-bond donors (Lipinski definition) is 3. The van der Waals surface area contributed by atoms with Gasteiger partial charge >= 0.3 is 5.97 Å². The molecule has 3 N–H and O–H groups in total. The highest BCUT2D eigenvalue weighted by atomic mass is 16.8. The van der Waals surface area contributed by atoms with Gasteiger partial charge in [0.1, 0.15) is 18.3 Å². The van der Waals surface area contributed by atoms with Crippen LogP contribution in [-0.4, -0.2) is 72.6 Å². The maximum Gasteiger partial charge on any atom is 0.338 e. The Kier molecular flexibility index (Phi) is 11.0. The van der Waals surface area contributed by atoms with Crippen LogP contribution in [0.5, 0.6) is 0 Å². The minimum Gasteiger partial charge on any atom is -0.456 e. The maximum absolute atomic E-state index is 14.2. The molecular weight excluding hydrogens is 721 g/mol. The Bertz CT molecular complexity index is 1990. The van der Waals surface area contributed by atoms with Crippen molar-refractivity contribution >= 4 is 23.9 Å². The number of carbonyl (C=O) groups is 3. The quantitative estimate of drug-likeness (QED) is 0.146. The van der Waals surface area contributed by atoms with Crippen LogP contribution in [-0.2, 0) is 34.3 Å². The summed E-state index contributed by atoms with van der Waals surface area (Å²) in [6.45, 7) is 7.10. The van der Waals surface area contributed by atoms with Gasteiger partial charge in [0.25, 0.3) is 0 Å². The van der Waals surface area contributed by atoms with Gasteiger partial charge in [0.2, 0.25) is 17.6 Å². The van der Waals surface area contributed by atoms with Crippen LogP contribution >= 0.6 is 0 Å². The maximum atomic E-state index is 14.2. The van der Waals surface area contributed by atoms with E-state index in [1.807, 2.05) is 78.9 Å². The Labute approximate surface area is 335 Å². The SMILES string of the molecule is CC1(C)CC2C(=Cc3cccc(C(=O)OC4CC(C(=O)NCCC(=O)NCCO)=CC5OC(c6ccccc6)(c6ccccc6)OC54)c3)CCC3OC3(C)CCC21. The largest absolute Gasteiger partial charge is 0.456 e. The highest BCUT2D eigenvalue weighted by Crippen LogP contribution is 2.60. The number of esters is 1. The Hall–Kier alpha value is -4.61. The van der Waals surface area contributed by atoms with Crippen molar-refractivity contribution in [2.45, 2.75) is 102 Å². The van der Waals surface area contributed by atoms with E-state index >= 15 is 0 Å². The number of rotatable bonds is 11. The van der Waals surface area contributed by atoms with Crippen molar-refractivity contribution in [3.63, 3.8) is 0 Å². The molecular formula is C47H54N2O8. The van der Waals surface area contributed by atoms with Crippen LogP contribution in [0.1, 0.15) is 92.8 Å². The molecule has 3 aromatic rings. The number of ether oxygens (including phenoxy) is 4. The van der Waals surface area contributed by atoms with Gasteiger partial charge in [-0.05, 0) is 80.1 Å². The second-order valence-electron chi connectivity index (χ2n) is 17.2. The summed E-state index contributed by atoms with van der Waals surface area (Å²) in [4.78, 5) is 39.9. The standard InChI is InChI=1S/C47H54N2O8/c1-45(2)29-36-31(17-18-40-46(3,56-40)21-19-37(36)45)25-30-11-10-12-32(26-30)44(53)54-38-27-33(43(52)49-22-20-41(51)48-23-24-50)28-39-42(38)57-47(55-39,34-13-6-4-7-14-34)35-15-8-5-9-16-35/h4-16,25-26,28,36-40,42,50H,17-24,27,29H2,1-3H3,(H,48,51)(H,49,52). The van der Waals surface area contributed by atoms with E-state index in [-0.39, 0.29) is 50.0 Å². The highest BCUT2D eigenvalue weighted by molar-refractivity contribution is 5.94. The van der Waals surface area contributed by atoms with Crippen LogP contribution in [0.4, 0.5) is 0 Å². The number of hydrogen-bond acceptors (Lipinski definition) is 8. The Morgan fingerprint density at radius 3 is 2.32 bits per heavy atom. The molecule has 3 aliphatic carbocycles. The lowest BCUT2D eigenvalue weighted by Gasteiger charge is -2.53. The third-order valence-electron chi connectivity index (χ3n) is 12.9. The number of amides is 2. The van der Waals surface area contributed by atoms with Crippen LogP contribution in [0, 0.1) is 17.3 Å². The predicted octanol–water partition coefficient (Wildman–Crippen LogP) is 6.62. The third kappa shape index (κ3) is 8.10. The molecule has 4 fully saturated rings. The summed E-state index contributed by atoms with van der Waals surface area (Å²) in [5.41, 5.74) is 5.02. The molecule has 10 nitrogen and oxygen atoms in total. The first-order valence-corrected chi connectivity index (χ1v) is 20.5. The molecule has 2 amide bonds. The minimum absolute atomic E-state index is 0.0102. The molecule has 10 heteroatoms. The van der Waals surface area contributed by atoms with E-state index in [0.29, 0.717) is 34.5 Å². The lowest BCUT2D eigenvalue weighted by atomic mass is 9.52. The van der Waals surface area contributed by atoms with E-state index in [1.54, 1.807) is 12.1 Å². The zero-order valence-corrected chi connectivity index (χ0v) is 33.1. The first-order chi connectivity index (χ1) is 27.5. The summed E-state index contributed by atoms with van der Waals surface area (Å²) >= 11 is 0. The zero-order chi connectivity index (χ0) is 39.8. The number of benzene rings is 3. The fraction of sp³-hybridized carbons (Fsp3) is 0.468. The van der Waals surface area contributed by atoms with E-state index in [1.165, 1.54) is 5.57 Å². The molecule has 300 valence electrons. The molecule has 2 aliphatic heterocycles. The van der Waals surface area contributed by atoms with Gasteiger partial charge in [-0.25, -0.2) is 4.79 Å². The Balaban J connectivity index is 1.05. The van der Waals surface area contributed by atoms with Crippen molar-refractivity contribution in [3.05, 3.63) is 124 Å². The highest BCUT2D eigenvalue weighted by Gasteiger charge is 2.57. The van der Waals surface area contributed by atoms with Crippen LogP contribution in [0.3, 0.4) is 0 Å². The lowest BCUT2D eigenvalue weighted by Crippen LogP contribution is -2.45. The molecule has 7 atom stereocenters. The average Bonchev–Trinajstić information content (AvgIpc) is 3.67. The molecule has 0 bridgehead atoms. The fourth-order valence-corrected chi connectivity index (χ4v) is 9.66. The lowest BCUT2D eigenvalue weighted by molar-refractivity contribution is -0.157. The average molecular weight is 775 g/mol. The van der Waals surface area contributed by atoms with Gasteiger partial charge in [-0.3, -0.25) is 9.59 Å². The molecule has 2 heterocycles. The first-order valence-electron chi connectivity index (χ1n) is 20.5. The molecule has 0 aromatic heterocycles. The topological polar surface area (TPSA) is 136 Å². The molecule has 0 radical (unpaired) electrons. The smallest absolute Gasteiger partial charge is 0.338 e. The molecule has 8 rings (SSSR count). The van der Waals surface area contributed by atoms with Crippen molar-refractivity contribution < 1.29 is 38.4 Å². The summed E-state index contributed by atoms with van der Waals surface area (Å²) < 4.78 is 26.2. The second kappa shape index (κ2) is 16.0. The van der Waals surface area contributed by atoms with E-state index in [0.717, 1.165) is 48.8 Å². The summed E-state index contributed by atoms with van der Waals surface area (Å²) in [5, 5.41) is 14.4. The molecule has 7 unspecified atom stereocenters. The molecule has 57 heavy (non-hydrogen) atoms. The van der Waals surface area contributed by atoms with Crippen molar-refractivity contribution in [3.8, 4) is 0 Å². The fourth-order valence-electron chi connectivity index (χ4n) is 9.66. The van der Waals surface area contributed by atoms with Crippen molar-refractivity contribution in [1.82, 2.24) is 10.6 Å². The summed E-state index contributed by atoms with van der Waals surface area (Å²) in [5.74, 6) is -1.38. The molecule has 2 saturated heterocycles. The molecule has 2 saturated carbocycles. The monoisotopic (exact) mass is 774 g/mol. The summed E-state index contributed by atoms with van der Waals surface area (Å²) in [6, 6.07) is 26.9. The van der Waals surface area contributed by atoms with Gasteiger partial charge in [-0.2, -0.15) is 0 Å². The van der Waals surface area contributed by atoms with E-state index in [2.05, 4.69) is 37.5 Å². The third-order valence-corrected chi connectivity index (χ3v) is 12.9. The van der Waals surface area contributed by atoms with E-state index in [4.69, 9.17) is 24.1 Å². The number of carbonyl (C=O) groups excluding carboxylic acids is 3. The first kappa shape index (κ1) is 39.2. The van der Waals surface area contributed by atoms with Crippen molar-refractivity contribution in [1.29, 1.82) is 0 Å². The Morgan fingerprint density at radius 2 is 1.61 bits per heavy atom. The van der Waals surface area contributed by atoms with Crippen LogP contribution in [0.25, 0.3) is 6.08 Å². The van der Waals surface area contributed by atoms with Crippen molar-refractivity contribution in [2.75, 3.05) is 19.7 Å². The Morgan fingerprint density at radius 1 is 0.877 bits per heavy atom. The van der Waals surface area contributed by atoms with Gasteiger partial charge in [0, 0.05) is 42.6 Å². The number of nitrogens with one attached hydrogen (secondary N) is 2. The summed E-state index contributed by atoms with van der Waals surface area (Å²) in [7, 11) is 0. The van der Waals surface area contributed by atoms with Gasteiger partial charge in [-0.15, -0.1) is 0 Å². The summed E-state index contributed by atoms with van der Waals surface area (Å²) in [6.07, 6.45) is 7.56. The number of aliphatic hydroxyl groups is 1. The number of fused-ring (bicyclic) bond motifs is 3.